The standard InChI is InChI=1S/C29H21N3O5S3/c33-29-25(16-20-9-6-14-30-20)28-24(12-5-13-26(28)31-29)19-7-4-8-21(15-19)32-40(36,37)27-17-23(18-38-27)39(34,35)22-10-2-1-3-11-22/h1-18,30,32H,(H,31,33)/b25-16-. The summed E-state index contributed by atoms with van der Waals surface area (Å²) in [4.78, 5) is 15.9. The Balaban J connectivity index is 1.32. The van der Waals surface area contributed by atoms with Crippen LogP contribution in [0, 0.1) is 0 Å². The minimum atomic E-state index is -4.08. The summed E-state index contributed by atoms with van der Waals surface area (Å²) < 4.78 is 54.7. The van der Waals surface area contributed by atoms with E-state index in [2.05, 4.69) is 15.0 Å². The van der Waals surface area contributed by atoms with Gasteiger partial charge in [0.15, 0.2) is 0 Å². The van der Waals surface area contributed by atoms with Crippen molar-refractivity contribution in [1.29, 1.82) is 0 Å². The second-order valence-electron chi connectivity index (χ2n) is 8.97. The van der Waals surface area contributed by atoms with Crippen molar-refractivity contribution in [3.05, 3.63) is 114 Å². The molecule has 6 rings (SSSR count). The van der Waals surface area contributed by atoms with Gasteiger partial charge < -0.3 is 10.3 Å². The number of rotatable bonds is 7. The Morgan fingerprint density at radius 1 is 0.800 bits per heavy atom. The van der Waals surface area contributed by atoms with E-state index in [0.717, 1.165) is 34.2 Å². The number of thiophene rings is 1. The van der Waals surface area contributed by atoms with Crippen LogP contribution in [0.5, 0.6) is 0 Å². The van der Waals surface area contributed by atoms with E-state index in [1.165, 1.54) is 17.5 Å². The molecule has 40 heavy (non-hydrogen) atoms. The van der Waals surface area contributed by atoms with Crippen molar-refractivity contribution in [1.82, 2.24) is 4.98 Å². The molecule has 3 N–H and O–H groups in total. The molecule has 3 heterocycles. The number of amides is 1. The SMILES string of the molecule is O=C1Nc2cccc(-c3cccc(NS(=O)(=O)c4cc(S(=O)(=O)c5ccccc5)cs4)c3)c2/C1=C/c1ccc[nH]1. The average Bonchev–Trinajstić information content (AvgIpc) is 3.71. The molecular weight excluding hydrogens is 567 g/mol. The molecule has 0 aliphatic carbocycles. The number of aromatic amines is 1. The lowest BCUT2D eigenvalue weighted by Crippen LogP contribution is -2.11. The van der Waals surface area contributed by atoms with Crippen LogP contribution in [0.1, 0.15) is 11.3 Å². The maximum absolute atomic E-state index is 13.2. The molecule has 0 saturated heterocycles. The summed E-state index contributed by atoms with van der Waals surface area (Å²) in [6.07, 6.45) is 3.55. The highest BCUT2D eigenvalue weighted by molar-refractivity contribution is 7.95. The number of hydrogen-bond donors (Lipinski definition) is 3. The van der Waals surface area contributed by atoms with Gasteiger partial charge in [0.05, 0.1) is 15.4 Å². The van der Waals surface area contributed by atoms with Crippen LogP contribution in [-0.4, -0.2) is 27.7 Å². The molecule has 2 aromatic heterocycles. The summed E-state index contributed by atoms with van der Waals surface area (Å²) in [5, 5.41) is 4.21. The number of fused-ring (bicyclic) bond motifs is 1. The van der Waals surface area contributed by atoms with Crippen molar-refractivity contribution in [2.45, 2.75) is 14.0 Å². The zero-order valence-electron chi connectivity index (χ0n) is 20.7. The van der Waals surface area contributed by atoms with E-state index in [1.54, 1.807) is 48.7 Å². The lowest BCUT2D eigenvalue weighted by Gasteiger charge is -2.11. The van der Waals surface area contributed by atoms with Gasteiger partial charge in [0, 0.05) is 34.2 Å². The van der Waals surface area contributed by atoms with Gasteiger partial charge in [0.25, 0.3) is 15.9 Å². The number of carbonyl (C=O) groups excluding carboxylic acids is 1. The van der Waals surface area contributed by atoms with Crippen molar-refractivity contribution in [3.8, 4) is 11.1 Å². The Labute approximate surface area is 235 Å². The molecule has 8 nitrogen and oxygen atoms in total. The van der Waals surface area contributed by atoms with E-state index in [4.69, 9.17) is 0 Å². The normalized spacial score (nSPS) is 14.2. The first-order valence-corrected chi connectivity index (χ1v) is 15.9. The topological polar surface area (TPSA) is 125 Å². The number of sulfone groups is 1. The zero-order valence-corrected chi connectivity index (χ0v) is 23.1. The van der Waals surface area contributed by atoms with Gasteiger partial charge in [-0.3, -0.25) is 9.52 Å². The molecule has 0 saturated carbocycles. The highest BCUT2D eigenvalue weighted by Gasteiger charge is 2.28. The first kappa shape index (κ1) is 25.8. The molecule has 11 heteroatoms. The van der Waals surface area contributed by atoms with E-state index in [9.17, 15) is 21.6 Å². The second-order valence-corrected chi connectivity index (χ2v) is 13.7. The second kappa shape index (κ2) is 9.94. The molecule has 0 unspecified atom stereocenters. The summed E-state index contributed by atoms with van der Waals surface area (Å²) in [6, 6.07) is 25.1. The number of carbonyl (C=O) groups is 1. The average molecular weight is 588 g/mol. The molecule has 200 valence electrons. The number of aromatic nitrogens is 1. The fraction of sp³-hybridized carbons (Fsp3) is 0. The summed E-state index contributed by atoms with van der Waals surface area (Å²) >= 11 is 0.830. The third-order valence-corrected chi connectivity index (χ3v) is 11.1. The van der Waals surface area contributed by atoms with Crippen LogP contribution >= 0.6 is 11.3 Å². The van der Waals surface area contributed by atoms with Crippen LogP contribution in [0.3, 0.4) is 0 Å². The van der Waals surface area contributed by atoms with Crippen LogP contribution in [0.2, 0.25) is 0 Å². The molecule has 1 aliphatic rings. The quantitative estimate of drug-likeness (QED) is 0.206. The summed E-state index contributed by atoms with van der Waals surface area (Å²) in [5.41, 5.74) is 4.39. The molecule has 5 aromatic rings. The summed E-state index contributed by atoms with van der Waals surface area (Å²) in [6.45, 7) is 0. The molecule has 0 radical (unpaired) electrons. The van der Waals surface area contributed by atoms with Crippen LogP contribution in [0.25, 0.3) is 22.8 Å². The van der Waals surface area contributed by atoms with Crippen molar-refractivity contribution >= 4 is 60.1 Å². The Morgan fingerprint density at radius 3 is 2.38 bits per heavy atom. The van der Waals surface area contributed by atoms with E-state index < -0.39 is 19.9 Å². The first-order chi connectivity index (χ1) is 19.2. The number of anilines is 2. The van der Waals surface area contributed by atoms with Crippen LogP contribution < -0.4 is 10.0 Å². The van der Waals surface area contributed by atoms with Gasteiger partial charge in [-0.25, -0.2) is 16.8 Å². The molecule has 0 bridgehead atoms. The Kier molecular flexibility index (Phi) is 6.41. The number of H-pyrrole nitrogens is 1. The highest BCUT2D eigenvalue weighted by atomic mass is 32.2. The summed E-state index contributed by atoms with van der Waals surface area (Å²) in [5.74, 6) is -0.229. The fourth-order valence-corrected chi connectivity index (χ4v) is 8.44. The van der Waals surface area contributed by atoms with Crippen LogP contribution in [-0.2, 0) is 24.7 Å². The van der Waals surface area contributed by atoms with Gasteiger partial charge in [-0.15, -0.1) is 11.3 Å². The van der Waals surface area contributed by atoms with Gasteiger partial charge in [-0.1, -0.05) is 42.5 Å². The fourth-order valence-electron chi connectivity index (χ4n) is 4.49. The third kappa shape index (κ3) is 4.75. The van der Waals surface area contributed by atoms with Gasteiger partial charge in [0.1, 0.15) is 4.21 Å². The molecule has 0 fully saturated rings. The minimum absolute atomic E-state index is 0.0868. The van der Waals surface area contributed by atoms with Crippen LogP contribution in [0.4, 0.5) is 11.4 Å². The molecule has 3 aromatic carbocycles. The highest BCUT2D eigenvalue weighted by Crippen LogP contribution is 2.41. The number of nitrogens with one attached hydrogen (secondary N) is 3. The van der Waals surface area contributed by atoms with Gasteiger partial charge in [-0.2, -0.15) is 0 Å². The predicted molar refractivity (Wildman–Crippen MR) is 156 cm³/mol. The van der Waals surface area contributed by atoms with Crippen molar-refractivity contribution in [3.63, 3.8) is 0 Å². The third-order valence-electron chi connectivity index (χ3n) is 6.35. The first-order valence-electron chi connectivity index (χ1n) is 12.0. The Morgan fingerprint density at radius 2 is 1.60 bits per heavy atom. The van der Waals surface area contributed by atoms with E-state index in [1.807, 2.05) is 36.4 Å². The van der Waals surface area contributed by atoms with E-state index in [-0.39, 0.29) is 19.9 Å². The summed E-state index contributed by atoms with van der Waals surface area (Å²) in [7, 11) is -7.93. The molecular formula is C29H21N3O5S3. The van der Waals surface area contributed by atoms with Crippen LogP contribution in [0.15, 0.2) is 117 Å². The van der Waals surface area contributed by atoms with Gasteiger partial charge in [-0.05, 0) is 65.7 Å². The molecule has 0 spiro atoms. The van der Waals surface area contributed by atoms with Gasteiger partial charge in [0.2, 0.25) is 9.84 Å². The van der Waals surface area contributed by atoms with E-state index >= 15 is 0 Å². The molecule has 1 aliphatic heterocycles. The minimum Gasteiger partial charge on any atom is -0.362 e. The molecule has 0 atom stereocenters. The zero-order chi connectivity index (χ0) is 27.9. The van der Waals surface area contributed by atoms with Crippen molar-refractivity contribution < 1.29 is 21.6 Å². The predicted octanol–water partition coefficient (Wildman–Crippen LogP) is 5.87. The maximum atomic E-state index is 13.2. The number of hydrogen-bond acceptors (Lipinski definition) is 6. The van der Waals surface area contributed by atoms with Crippen molar-refractivity contribution in [2.75, 3.05) is 10.0 Å². The molecule has 1 amide bonds. The lowest BCUT2D eigenvalue weighted by atomic mass is 9.94. The maximum Gasteiger partial charge on any atom is 0.271 e. The largest absolute Gasteiger partial charge is 0.362 e. The Bertz CT molecular complexity index is 1990. The Hall–Kier alpha value is -4.45. The lowest BCUT2D eigenvalue weighted by molar-refractivity contribution is -0.110. The van der Waals surface area contributed by atoms with Crippen molar-refractivity contribution in [2.24, 2.45) is 0 Å². The van der Waals surface area contributed by atoms with E-state index in [0.29, 0.717) is 22.5 Å². The number of benzene rings is 3. The number of sulfonamides is 1. The smallest absolute Gasteiger partial charge is 0.271 e. The van der Waals surface area contributed by atoms with Gasteiger partial charge >= 0.3 is 0 Å². The monoisotopic (exact) mass is 587 g/mol.